The van der Waals surface area contributed by atoms with E-state index < -0.39 is 0 Å². The van der Waals surface area contributed by atoms with Crippen LogP contribution >= 0.6 is 24.8 Å². The summed E-state index contributed by atoms with van der Waals surface area (Å²) in [5.41, 5.74) is 0.544. The lowest BCUT2D eigenvalue weighted by Gasteiger charge is -2.34. The highest BCUT2D eigenvalue weighted by atomic mass is 35.5. The third-order valence-electron chi connectivity index (χ3n) is 3.45. The molecule has 1 aliphatic heterocycles. The number of ether oxygens (including phenoxy) is 1. The molecule has 0 aliphatic carbocycles. The van der Waals surface area contributed by atoms with Crippen LogP contribution in [-0.4, -0.2) is 38.2 Å². The number of nitriles is 1. The fraction of sp³-hybridized carbons (Fsp3) is 0.500. The summed E-state index contributed by atoms with van der Waals surface area (Å²) in [4.78, 5) is 2.15. The predicted octanol–water partition coefficient (Wildman–Crippen LogP) is 2.54. The molecule has 1 aromatic carbocycles. The highest BCUT2D eigenvalue weighted by Crippen LogP contribution is 2.30. The number of nitrogens with one attached hydrogen (secondary N) is 1. The first-order valence-electron chi connectivity index (χ1n) is 6.42. The number of methoxy groups -OCH3 is 1. The van der Waals surface area contributed by atoms with Gasteiger partial charge in [-0.2, -0.15) is 5.26 Å². The minimum Gasteiger partial charge on any atom is -0.494 e. The molecule has 0 amide bonds. The fourth-order valence-electron chi connectivity index (χ4n) is 2.46. The van der Waals surface area contributed by atoms with Gasteiger partial charge in [0.05, 0.1) is 25.6 Å². The zero-order valence-corrected chi connectivity index (χ0v) is 13.5. The Morgan fingerprint density at radius 1 is 1.38 bits per heavy atom. The van der Waals surface area contributed by atoms with Crippen molar-refractivity contribution in [1.29, 1.82) is 5.26 Å². The first kappa shape index (κ1) is 19.9. The summed E-state index contributed by atoms with van der Waals surface area (Å²) in [6.07, 6.45) is 0.282. The van der Waals surface area contributed by atoms with Crippen LogP contribution in [0.3, 0.4) is 0 Å². The first-order valence-corrected chi connectivity index (χ1v) is 6.42. The van der Waals surface area contributed by atoms with Crippen LogP contribution in [0, 0.1) is 17.1 Å². The van der Waals surface area contributed by atoms with E-state index in [4.69, 9.17) is 10.00 Å². The molecule has 1 N–H and O–H groups in total. The van der Waals surface area contributed by atoms with Crippen molar-refractivity contribution in [2.75, 3.05) is 33.3 Å². The van der Waals surface area contributed by atoms with Crippen molar-refractivity contribution in [3.8, 4) is 11.8 Å². The standard InChI is InChI=1S/C14H18FN3O.2ClH/c1-19-13-4-2-3-11(14(13)15)12(5-6-16)18-9-7-17-8-10-18;;/h2-4,12,17H,5,7-10H2,1H3;2*1H/t12-;;/m0../s1. The molecule has 118 valence electrons. The van der Waals surface area contributed by atoms with Crippen LogP contribution < -0.4 is 10.1 Å². The number of hydrogen-bond donors (Lipinski definition) is 1. The van der Waals surface area contributed by atoms with Gasteiger partial charge in [-0.15, -0.1) is 24.8 Å². The molecule has 1 fully saturated rings. The molecule has 1 atom stereocenters. The predicted molar refractivity (Wildman–Crippen MR) is 84.9 cm³/mol. The maximum Gasteiger partial charge on any atom is 0.169 e. The largest absolute Gasteiger partial charge is 0.494 e. The summed E-state index contributed by atoms with van der Waals surface area (Å²) < 4.78 is 19.3. The number of rotatable bonds is 4. The lowest BCUT2D eigenvalue weighted by Crippen LogP contribution is -2.45. The van der Waals surface area contributed by atoms with Gasteiger partial charge in [0, 0.05) is 31.7 Å². The number of hydrogen-bond acceptors (Lipinski definition) is 4. The molecule has 21 heavy (non-hydrogen) atoms. The lowest BCUT2D eigenvalue weighted by molar-refractivity contribution is 0.172. The number of benzene rings is 1. The number of piperazine rings is 1. The quantitative estimate of drug-likeness (QED) is 0.918. The van der Waals surface area contributed by atoms with Crippen molar-refractivity contribution in [2.45, 2.75) is 12.5 Å². The molecule has 1 aliphatic rings. The molecule has 1 heterocycles. The highest BCUT2D eigenvalue weighted by Gasteiger charge is 2.25. The molecule has 1 aromatic rings. The molecule has 0 bridgehead atoms. The Morgan fingerprint density at radius 3 is 2.62 bits per heavy atom. The van der Waals surface area contributed by atoms with Crippen molar-refractivity contribution in [2.24, 2.45) is 0 Å². The first-order chi connectivity index (χ1) is 9.27. The zero-order chi connectivity index (χ0) is 13.7. The molecule has 0 spiro atoms. The summed E-state index contributed by atoms with van der Waals surface area (Å²) in [6.45, 7) is 3.38. The van der Waals surface area contributed by atoms with Crippen LogP contribution in [0.15, 0.2) is 18.2 Å². The van der Waals surface area contributed by atoms with E-state index in [9.17, 15) is 4.39 Å². The average Bonchev–Trinajstić information content (AvgIpc) is 2.46. The third-order valence-corrected chi connectivity index (χ3v) is 3.45. The summed E-state index contributed by atoms with van der Waals surface area (Å²) in [6, 6.07) is 7.06. The molecular weight excluding hydrogens is 316 g/mol. The Hall–Kier alpha value is -1.06. The smallest absolute Gasteiger partial charge is 0.169 e. The van der Waals surface area contributed by atoms with Crippen LogP contribution in [-0.2, 0) is 0 Å². The van der Waals surface area contributed by atoms with Crippen LogP contribution in [0.1, 0.15) is 18.0 Å². The van der Waals surface area contributed by atoms with Gasteiger partial charge in [-0.05, 0) is 6.07 Å². The van der Waals surface area contributed by atoms with Gasteiger partial charge < -0.3 is 10.1 Å². The van der Waals surface area contributed by atoms with Gasteiger partial charge in [-0.25, -0.2) is 4.39 Å². The van der Waals surface area contributed by atoms with E-state index in [1.54, 1.807) is 18.2 Å². The molecule has 0 radical (unpaired) electrons. The molecule has 0 saturated carbocycles. The Balaban J connectivity index is 0.00000200. The lowest BCUT2D eigenvalue weighted by atomic mass is 10.0. The second kappa shape index (κ2) is 9.80. The molecule has 7 heteroatoms. The van der Waals surface area contributed by atoms with E-state index >= 15 is 0 Å². The maximum atomic E-state index is 14.3. The van der Waals surface area contributed by atoms with E-state index in [1.165, 1.54) is 7.11 Å². The Labute approximate surface area is 137 Å². The minimum absolute atomic E-state index is 0. The van der Waals surface area contributed by atoms with Crippen LogP contribution in [0.4, 0.5) is 4.39 Å². The summed E-state index contributed by atoms with van der Waals surface area (Å²) in [5, 5.41) is 12.3. The molecule has 2 rings (SSSR count). The minimum atomic E-state index is -0.358. The summed E-state index contributed by atoms with van der Waals surface area (Å²) >= 11 is 0. The van der Waals surface area contributed by atoms with E-state index in [2.05, 4.69) is 16.3 Å². The average molecular weight is 336 g/mol. The van der Waals surface area contributed by atoms with Crippen molar-refractivity contribution in [1.82, 2.24) is 10.2 Å². The van der Waals surface area contributed by atoms with E-state index in [0.717, 1.165) is 26.2 Å². The van der Waals surface area contributed by atoms with Gasteiger partial charge in [0.15, 0.2) is 11.6 Å². The maximum absolute atomic E-state index is 14.3. The summed E-state index contributed by atoms with van der Waals surface area (Å²) in [5.74, 6) is -0.126. The molecule has 1 saturated heterocycles. The van der Waals surface area contributed by atoms with E-state index in [-0.39, 0.29) is 48.8 Å². The van der Waals surface area contributed by atoms with E-state index in [0.29, 0.717) is 5.56 Å². The second-order valence-corrected chi connectivity index (χ2v) is 4.53. The van der Waals surface area contributed by atoms with Crippen molar-refractivity contribution < 1.29 is 9.13 Å². The van der Waals surface area contributed by atoms with Gasteiger partial charge >= 0.3 is 0 Å². The van der Waals surface area contributed by atoms with Crippen molar-refractivity contribution >= 4 is 24.8 Å². The van der Waals surface area contributed by atoms with Gasteiger partial charge in [0.2, 0.25) is 0 Å². The third kappa shape index (κ3) is 4.72. The van der Waals surface area contributed by atoms with E-state index in [1.807, 2.05) is 0 Å². The molecule has 0 unspecified atom stereocenters. The van der Waals surface area contributed by atoms with Gasteiger partial charge in [-0.1, -0.05) is 12.1 Å². The van der Waals surface area contributed by atoms with Crippen molar-refractivity contribution in [3.05, 3.63) is 29.6 Å². The highest BCUT2D eigenvalue weighted by molar-refractivity contribution is 5.85. The van der Waals surface area contributed by atoms with Gasteiger partial charge in [0.25, 0.3) is 0 Å². The second-order valence-electron chi connectivity index (χ2n) is 4.53. The van der Waals surface area contributed by atoms with Crippen LogP contribution in [0.2, 0.25) is 0 Å². The monoisotopic (exact) mass is 335 g/mol. The van der Waals surface area contributed by atoms with Gasteiger partial charge in [0.1, 0.15) is 0 Å². The normalized spacial score (nSPS) is 16.0. The Bertz CT molecular complexity index is 476. The summed E-state index contributed by atoms with van der Waals surface area (Å²) in [7, 11) is 1.45. The molecular formula is C14H20Cl2FN3O. The van der Waals surface area contributed by atoms with Crippen LogP contribution in [0.5, 0.6) is 5.75 Å². The molecule has 4 nitrogen and oxygen atoms in total. The topological polar surface area (TPSA) is 48.3 Å². The fourth-order valence-corrected chi connectivity index (χ4v) is 2.46. The molecule has 0 aromatic heterocycles. The SMILES string of the molecule is COc1cccc([C@H](CC#N)N2CCNCC2)c1F.Cl.Cl. The number of halogens is 3. The zero-order valence-electron chi connectivity index (χ0n) is 11.8. The number of nitrogens with zero attached hydrogens (tertiary/aromatic N) is 2. The van der Waals surface area contributed by atoms with Crippen molar-refractivity contribution in [3.63, 3.8) is 0 Å². The Kier molecular flexibility index (Phi) is 9.31. The van der Waals surface area contributed by atoms with Gasteiger partial charge in [-0.3, -0.25) is 4.90 Å². The van der Waals surface area contributed by atoms with Crippen LogP contribution in [0.25, 0.3) is 0 Å². The Morgan fingerprint density at radius 2 is 2.05 bits per heavy atom.